The Balaban J connectivity index is 2.39. The maximum atomic E-state index is 11.1. The first-order chi connectivity index (χ1) is 8.99. The molecule has 0 aliphatic heterocycles. The van der Waals surface area contributed by atoms with Gasteiger partial charge in [0.15, 0.2) is 5.16 Å². The number of aryl methyl sites for hydroxylation is 2. The fraction of sp³-hybridized carbons (Fsp3) is 0.250. The van der Waals surface area contributed by atoms with Gasteiger partial charge in [0.1, 0.15) is 5.03 Å². The molecule has 2 aromatic rings. The number of carboxylic acid groups (broad SMARTS) is 1. The predicted octanol–water partition coefficient (Wildman–Crippen LogP) is 2.04. The minimum Gasteiger partial charge on any atom is -0.478 e. The molecule has 98 valence electrons. The van der Waals surface area contributed by atoms with Gasteiger partial charge in [-0.1, -0.05) is 0 Å². The monoisotopic (exact) mass is 276 g/mol. The van der Waals surface area contributed by atoms with Gasteiger partial charge in [-0.15, -0.1) is 5.10 Å². The molecule has 0 spiro atoms. The van der Waals surface area contributed by atoms with Gasteiger partial charge in [0.2, 0.25) is 0 Å². The SMILES string of the molecule is Cc1nc(Sc2nnccc2C(=O)O)nc(C)c1C. The highest BCUT2D eigenvalue weighted by atomic mass is 32.2. The number of carbonyl (C=O) groups is 1. The summed E-state index contributed by atoms with van der Waals surface area (Å²) in [6.45, 7) is 5.73. The second-order valence-electron chi connectivity index (χ2n) is 3.96. The molecular formula is C12H12N4O2S. The molecule has 6 nitrogen and oxygen atoms in total. The van der Waals surface area contributed by atoms with E-state index in [2.05, 4.69) is 20.2 Å². The maximum absolute atomic E-state index is 11.1. The van der Waals surface area contributed by atoms with Crippen LogP contribution in [0.15, 0.2) is 22.4 Å². The van der Waals surface area contributed by atoms with E-state index in [0.717, 1.165) is 28.7 Å². The summed E-state index contributed by atoms with van der Waals surface area (Å²) < 4.78 is 0. The molecule has 0 atom stereocenters. The highest BCUT2D eigenvalue weighted by Gasteiger charge is 2.15. The largest absolute Gasteiger partial charge is 0.478 e. The molecule has 0 amide bonds. The van der Waals surface area contributed by atoms with Crippen LogP contribution in [0.5, 0.6) is 0 Å². The van der Waals surface area contributed by atoms with Crippen LogP contribution in [0, 0.1) is 20.8 Å². The Bertz CT molecular complexity index is 622. The molecule has 0 aliphatic rings. The summed E-state index contributed by atoms with van der Waals surface area (Å²) in [5.41, 5.74) is 2.87. The van der Waals surface area contributed by atoms with E-state index in [9.17, 15) is 4.79 Å². The van der Waals surface area contributed by atoms with Crippen LogP contribution in [0.3, 0.4) is 0 Å². The van der Waals surface area contributed by atoms with E-state index in [1.54, 1.807) is 0 Å². The lowest BCUT2D eigenvalue weighted by molar-refractivity contribution is 0.0692. The van der Waals surface area contributed by atoms with Gasteiger partial charge in [0.25, 0.3) is 0 Å². The zero-order valence-electron chi connectivity index (χ0n) is 10.7. The van der Waals surface area contributed by atoms with E-state index in [1.165, 1.54) is 12.3 Å². The first-order valence-corrected chi connectivity index (χ1v) is 6.35. The number of carboxylic acids is 1. The maximum Gasteiger partial charge on any atom is 0.338 e. The average Bonchev–Trinajstić information content (AvgIpc) is 2.36. The number of hydrogen-bond acceptors (Lipinski definition) is 6. The van der Waals surface area contributed by atoms with Gasteiger partial charge in [-0.25, -0.2) is 14.8 Å². The lowest BCUT2D eigenvalue weighted by Gasteiger charge is -2.07. The molecule has 2 heterocycles. The molecule has 0 fully saturated rings. The van der Waals surface area contributed by atoms with Crippen molar-refractivity contribution in [2.24, 2.45) is 0 Å². The van der Waals surface area contributed by atoms with Crippen LogP contribution in [0.2, 0.25) is 0 Å². The molecule has 0 saturated carbocycles. The quantitative estimate of drug-likeness (QED) is 0.858. The Morgan fingerprint density at radius 2 is 1.84 bits per heavy atom. The zero-order chi connectivity index (χ0) is 14.0. The smallest absolute Gasteiger partial charge is 0.338 e. The van der Waals surface area contributed by atoms with E-state index in [0.29, 0.717) is 5.16 Å². The third kappa shape index (κ3) is 2.87. The Morgan fingerprint density at radius 3 is 2.42 bits per heavy atom. The van der Waals surface area contributed by atoms with Gasteiger partial charge in [-0.2, -0.15) is 5.10 Å². The first kappa shape index (κ1) is 13.4. The summed E-state index contributed by atoms with van der Waals surface area (Å²) in [5.74, 6) is -1.04. The summed E-state index contributed by atoms with van der Waals surface area (Å²) >= 11 is 1.10. The van der Waals surface area contributed by atoms with E-state index in [4.69, 9.17) is 5.11 Å². The van der Waals surface area contributed by atoms with Gasteiger partial charge in [-0.05, 0) is 44.2 Å². The Hall–Kier alpha value is -2.02. The van der Waals surface area contributed by atoms with Gasteiger partial charge in [0, 0.05) is 11.4 Å². The van der Waals surface area contributed by atoms with Crippen molar-refractivity contribution in [2.45, 2.75) is 31.0 Å². The Kier molecular flexibility index (Phi) is 3.75. The summed E-state index contributed by atoms with van der Waals surface area (Å²) in [6.07, 6.45) is 1.35. The van der Waals surface area contributed by atoms with Crippen LogP contribution in [0.1, 0.15) is 27.3 Å². The minimum atomic E-state index is -1.04. The highest BCUT2D eigenvalue weighted by Crippen LogP contribution is 2.26. The topological polar surface area (TPSA) is 88.9 Å². The van der Waals surface area contributed by atoms with Crippen LogP contribution in [0.25, 0.3) is 0 Å². The van der Waals surface area contributed by atoms with Crippen molar-refractivity contribution in [3.05, 3.63) is 34.8 Å². The second-order valence-corrected chi connectivity index (χ2v) is 4.92. The number of aromatic nitrogens is 4. The van der Waals surface area contributed by atoms with Crippen molar-refractivity contribution in [2.75, 3.05) is 0 Å². The average molecular weight is 276 g/mol. The number of rotatable bonds is 3. The molecule has 0 bridgehead atoms. The summed E-state index contributed by atoms with van der Waals surface area (Å²) in [4.78, 5) is 19.7. The second kappa shape index (κ2) is 5.31. The normalized spacial score (nSPS) is 10.5. The number of aromatic carboxylic acids is 1. The molecule has 2 aromatic heterocycles. The summed E-state index contributed by atoms with van der Waals surface area (Å²) in [5, 5.41) is 17.4. The molecule has 0 unspecified atom stereocenters. The zero-order valence-corrected chi connectivity index (χ0v) is 11.5. The molecule has 0 aromatic carbocycles. The van der Waals surface area contributed by atoms with Crippen LogP contribution in [0.4, 0.5) is 0 Å². The Morgan fingerprint density at radius 1 is 1.21 bits per heavy atom. The highest BCUT2D eigenvalue weighted by molar-refractivity contribution is 7.99. The van der Waals surface area contributed by atoms with Crippen LogP contribution < -0.4 is 0 Å². The molecule has 19 heavy (non-hydrogen) atoms. The van der Waals surface area contributed by atoms with Gasteiger partial charge >= 0.3 is 5.97 Å². The van der Waals surface area contributed by atoms with Crippen molar-refractivity contribution in [1.82, 2.24) is 20.2 Å². The van der Waals surface area contributed by atoms with Crippen molar-refractivity contribution < 1.29 is 9.90 Å². The van der Waals surface area contributed by atoms with Gasteiger partial charge < -0.3 is 5.11 Å². The number of hydrogen-bond donors (Lipinski definition) is 1. The fourth-order valence-corrected chi connectivity index (χ4v) is 2.32. The van der Waals surface area contributed by atoms with Crippen LogP contribution in [-0.2, 0) is 0 Å². The lowest BCUT2D eigenvalue weighted by atomic mass is 10.2. The molecular weight excluding hydrogens is 264 g/mol. The van der Waals surface area contributed by atoms with E-state index >= 15 is 0 Å². The van der Waals surface area contributed by atoms with Crippen molar-refractivity contribution in [3.63, 3.8) is 0 Å². The van der Waals surface area contributed by atoms with E-state index in [1.807, 2.05) is 20.8 Å². The molecule has 0 aliphatic carbocycles. The minimum absolute atomic E-state index is 0.0967. The van der Waals surface area contributed by atoms with Crippen LogP contribution >= 0.6 is 11.8 Å². The van der Waals surface area contributed by atoms with Gasteiger partial charge in [-0.3, -0.25) is 0 Å². The summed E-state index contributed by atoms with van der Waals surface area (Å²) in [6, 6.07) is 1.41. The predicted molar refractivity (Wildman–Crippen MR) is 69.4 cm³/mol. The molecule has 1 N–H and O–H groups in total. The van der Waals surface area contributed by atoms with Crippen molar-refractivity contribution in [3.8, 4) is 0 Å². The Labute approximate surface area is 114 Å². The standard InChI is InChI=1S/C12H12N4O2S/c1-6-7(2)14-12(15-8(6)3)19-10-9(11(17)18)4-5-13-16-10/h4-5H,1-3H3,(H,17,18). The summed E-state index contributed by atoms with van der Waals surface area (Å²) in [7, 11) is 0. The molecule has 7 heteroatoms. The third-order valence-electron chi connectivity index (χ3n) is 2.72. The van der Waals surface area contributed by atoms with E-state index in [-0.39, 0.29) is 10.6 Å². The van der Waals surface area contributed by atoms with E-state index < -0.39 is 5.97 Å². The first-order valence-electron chi connectivity index (χ1n) is 5.53. The fourth-order valence-electron chi connectivity index (χ4n) is 1.43. The molecule has 2 rings (SSSR count). The molecule has 0 radical (unpaired) electrons. The third-order valence-corrected chi connectivity index (χ3v) is 3.58. The van der Waals surface area contributed by atoms with Crippen molar-refractivity contribution in [1.29, 1.82) is 0 Å². The van der Waals surface area contributed by atoms with Crippen LogP contribution in [-0.4, -0.2) is 31.2 Å². The lowest BCUT2D eigenvalue weighted by Crippen LogP contribution is -2.03. The number of nitrogens with zero attached hydrogens (tertiary/aromatic N) is 4. The van der Waals surface area contributed by atoms with Gasteiger partial charge in [0.05, 0.1) is 11.8 Å². The van der Waals surface area contributed by atoms with Crippen molar-refractivity contribution >= 4 is 17.7 Å². The molecule has 0 saturated heterocycles.